The molecule has 1 rings (SSSR count). The zero-order chi connectivity index (χ0) is 6.69. The highest BCUT2D eigenvalue weighted by atomic mass is 15.0. The summed E-state index contributed by atoms with van der Waals surface area (Å²) in [7, 11) is 0. The first-order chi connectivity index (χ1) is 4.29. The highest BCUT2D eigenvalue weighted by molar-refractivity contribution is 4.90. The van der Waals surface area contributed by atoms with Crippen molar-refractivity contribution in [2.45, 2.75) is 13.5 Å². The number of rotatable bonds is 2. The van der Waals surface area contributed by atoms with Gasteiger partial charge in [-0.1, -0.05) is 12.2 Å². The molecule has 0 saturated heterocycles. The van der Waals surface area contributed by atoms with E-state index in [1.54, 1.807) is 12.5 Å². The molecule has 0 aliphatic heterocycles. The lowest BCUT2D eigenvalue weighted by molar-refractivity contribution is 0.785. The van der Waals surface area contributed by atoms with Crippen LogP contribution in [0.25, 0.3) is 0 Å². The van der Waals surface area contributed by atoms with Crippen LogP contribution in [0.3, 0.4) is 0 Å². The summed E-state index contributed by atoms with van der Waals surface area (Å²) in [6, 6.07) is 0. The zero-order valence-electron chi connectivity index (χ0n) is 5.54. The molecular weight excluding hydrogens is 112 g/mol. The molecule has 2 nitrogen and oxygen atoms in total. The van der Waals surface area contributed by atoms with Gasteiger partial charge in [-0.05, 0) is 6.92 Å². The van der Waals surface area contributed by atoms with Gasteiger partial charge in [0, 0.05) is 18.9 Å². The Kier molecular flexibility index (Phi) is 1.68. The first kappa shape index (κ1) is 6.08. The van der Waals surface area contributed by atoms with Gasteiger partial charge in [0.25, 0.3) is 0 Å². The van der Waals surface area contributed by atoms with Gasteiger partial charge in [-0.2, -0.15) is 0 Å². The fourth-order valence-electron chi connectivity index (χ4n) is 0.692. The highest BCUT2D eigenvalue weighted by Gasteiger charge is 1.86. The van der Waals surface area contributed by atoms with Crippen molar-refractivity contribution >= 4 is 0 Å². The summed E-state index contributed by atoms with van der Waals surface area (Å²) in [5.41, 5.74) is 1.15. The number of nitrogens with zero attached hydrogens (tertiary/aromatic N) is 2. The maximum absolute atomic E-state index is 3.90. The lowest BCUT2D eigenvalue weighted by Crippen LogP contribution is -1.93. The van der Waals surface area contributed by atoms with Crippen molar-refractivity contribution in [2.75, 3.05) is 0 Å². The van der Waals surface area contributed by atoms with Crippen LogP contribution in [0.1, 0.15) is 6.92 Å². The first-order valence-electron chi connectivity index (χ1n) is 2.89. The van der Waals surface area contributed by atoms with E-state index < -0.39 is 0 Å². The first-order valence-corrected chi connectivity index (χ1v) is 2.89. The van der Waals surface area contributed by atoms with Crippen LogP contribution in [-0.4, -0.2) is 9.55 Å². The van der Waals surface area contributed by atoms with Crippen molar-refractivity contribution < 1.29 is 0 Å². The number of aromatic nitrogens is 2. The predicted octanol–water partition coefficient (Wildman–Crippen LogP) is 1.46. The second-order valence-electron chi connectivity index (χ2n) is 2.19. The van der Waals surface area contributed by atoms with Gasteiger partial charge in [0.2, 0.25) is 0 Å². The van der Waals surface area contributed by atoms with E-state index in [4.69, 9.17) is 0 Å². The molecule has 0 saturated carbocycles. The summed E-state index contributed by atoms with van der Waals surface area (Å²) in [6.45, 7) is 6.66. The maximum atomic E-state index is 3.90. The van der Waals surface area contributed by atoms with Crippen LogP contribution in [0.4, 0.5) is 0 Å². The third-order valence-corrected chi connectivity index (χ3v) is 1.01. The Bertz CT molecular complexity index is 187. The molecular formula is C7H10N2. The zero-order valence-corrected chi connectivity index (χ0v) is 5.54. The van der Waals surface area contributed by atoms with Crippen LogP contribution in [0.5, 0.6) is 0 Å². The van der Waals surface area contributed by atoms with Crippen LogP contribution in [0.2, 0.25) is 0 Å². The Morgan fingerprint density at radius 3 is 3.00 bits per heavy atom. The fraction of sp³-hybridized carbons (Fsp3) is 0.286. The molecule has 0 aliphatic rings. The number of hydrogen-bond donors (Lipinski definition) is 0. The van der Waals surface area contributed by atoms with Gasteiger partial charge in [0.15, 0.2) is 0 Å². The van der Waals surface area contributed by atoms with Gasteiger partial charge < -0.3 is 4.57 Å². The summed E-state index contributed by atoms with van der Waals surface area (Å²) < 4.78 is 1.99. The van der Waals surface area contributed by atoms with E-state index in [0.29, 0.717) is 0 Å². The molecule has 9 heavy (non-hydrogen) atoms. The van der Waals surface area contributed by atoms with Gasteiger partial charge in [-0.15, -0.1) is 0 Å². The minimum atomic E-state index is 0.875. The number of hydrogen-bond acceptors (Lipinski definition) is 1. The average molecular weight is 122 g/mol. The Labute approximate surface area is 54.8 Å². The number of allylic oxidation sites excluding steroid dienone is 1. The van der Waals surface area contributed by atoms with E-state index in [1.807, 2.05) is 17.7 Å². The minimum Gasteiger partial charge on any atom is -0.333 e. The van der Waals surface area contributed by atoms with Crippen molar-refractivity contribution in [3.05, 3.63) is 30.9 Å². The monoisotopic (exact) mass is 122 g/mol. The van der Waals surface area contributed by atoms with E-state index in [0.717, 1.165) is 12.1 Å². The van der Waals surface area contributed by atoms with E-state index in [1.165, 1.54) is 0 Å². The Morgan fingerprint density at radius 2 is 2.56 bits per heavy atom. The fourth-order valence-corrected chi connectivity index (χ4v) is 0.692. The third-order valence-electron chi connectivity index (χ3n) is 1.01. The molecule has 1 aromatic rings. The second-order valence-corrected chi connectivity index (χ2v) is 2.19. The summed E-state index contributed by atoms with van der Waals surface area (Å²) >= 11 is 0. The molecule has 0 N–H and O–H groups in total. The van der Waals surface area contributed by atoms with E-state index in [2.05, 4.69) is 11.6 Å². The lowest BCUT2D eigenvalue weighted by Gasteiger charge is -1.97. The maximum Gasteiger partial charge on any atom is 0.0948 e. The molecule has 2 heteroatoms. The SMILES string of the molecule is C=C(C)Cn1ccnc1. The number of imidazole rings is 1. The largest absolute Gasteiger partial charge is 0.333 e. The standard InChI is InChI=1S/C7H10N2/c1-7(2)5-9-4-3-8-6-9/h3-4,6H,1,5H2,2H3. The molecule has 1 heterocycles. The molecule has 0 aliphatic carbocycles. The van der Waals surface area contributed by atoms with Crippen molar-refractivity contribution in [3.63, 3.8) is 0 Å². The van der Waals surface area contributed by atoms with Crippen LogP contribution >= 0.6 is 0 Å². The smallest absolute Gasteiger partial charge is 0.0948 e. The molecule has 0 atom stereocenters. The van der Waals surface area contributed by atoms with Crippen LogP contribution in [-0.2, 0) is 6.54 Å². The van der Waals surface area contributed by atoms with Gasteiger partial charge in [0.1, 0.15) is 0 Å². The van der Waals surface area contributed by atoms with E-state index in [9.17, 15) is 0 Å². The quantitative estimate of drug-likeness (QED) is 0.543. The topological polar surface area (TPSA) is 17.8 Å². The van der Waals surface area contributed by atoms with Crippen molar-refractivity contribution in [3.8, 4) is 0 Å². The van der Waals surface area contributed by atoms with Gasteiger partial charge in [-0.3, -0.25) is 0 Å². The highest BCUT2D eigenvalue weighted by Crippen LogP contribution is 1.93. The van der Waals surface area contributed by atoms with Crippen LogP contribution < -0.4 is 0 Å². The molecule has 0 bridgehead atoms. The van der Waals surface area contributed by atoms with Crippen molar-refractivity contribution in [1.29, 1.82) is 0 Å². The average Bonchev–Trinajstić information content (AvgIpc) is 2.15. The predicted molar refractivity (Wildman–Crippen MR) is 37.0 cm³/mol. The molecule has 0 spiro atoms. The molecule has 0 amide bonds. The molecule has 48 valence electrons. The normalized spacial score (nSPS) is 9.44. The Hall–Kier alpha value is -1.05. The lowest BCUT2D eigenvalue weighted by atomic mass is 10.3. The van der Waals surface area contributed by atoms with Crippen molar-refractivity contribution in [2.24, 2.45) is 0 Å². The van der Waals surface area contributed by atoms with Gasteiger partial charge in [0.05, 0.1) is 6.33 Å². The Morgan fingerprint density at radius 1 is 1.78 bits per heavy atom. The second kappa shape index (κ2) is 2.49. The Balaban J connectivity index is 2.58. The third kappa shape index (κ3) is 1.72. The van der Waals surface area contributed by atoms with Gasteiger partial charge in [-0.25, -0.2) is 4.98 Å². The van der Waals surface area contributed by atoms with Crippen LogP contribution in [0.15, 0.2) is 30.9 Å². The molecule has 1 aromatic heterocycles. The molecule has 0 unspecified atom stereocenters. The minimum absolute atomic E-state index is 0.875. The molecule has 0 fully saturated rings. The van der Waals surface area contributed by atoms with Crippen LogP contribution in [0, 0.1) is 0 Å². The summed E-state index contributed by atoms with van der Waals surface area (Å²) in [5, 5.41) is 0. The summed E-state index contributed by atoms with van der Waals surface area (Å²) in [6.07, 6.45) is 5.48. The van der Waals surface area contributed by atoms with E-state index in [-0.39, 0.29) is 0 Å². The molecule has 0 aromatic carbocycles. The van der Waals surface area contributed by atoms with E-state index >= 15 is 0 Å². The molecule has 0 radical (unpaired) electrons. The van der Waals surface area contributed by atoms with Gasteiger partial charge >= 0.3 is 0 Å². The summed E-state index contributed by atoms with van der Waals surface area (Å²) in [4.78, 5) is 3.90. The summed E-state index contributed by atoms with van der Waals surface area (Å²) in [5.74, 6) is 0. The van der Waals surface area contributed by atoms with Crippen molar-refractivity contribution in [1.82, 2.24) is 9.55 Å².